The number of nitriles is 1. The van der Waals surface area contributed by atoms with E-state index in [0.29, 0.717) is 32.4 Å². The summed E-state index contributed by atoms with van der Waals surface area (Å²) in [4.78, 5) is 14.9. The van der Waals surface area contributed by atoms with Gasteiger partial charge < -0.3 is 4.98 Å². The average molecular weight is 359 g/mol. The van der Waals surface area contributed by atoms with Crippen LogP contribution in [0.1, 0.15) is 5.56 Å². The third-order valence-electron chi connectivity index (χ3n) is 3.51. The Morgan fingerprint density at radius 2 is 1.79 bits per heavy atom. The van der Waals surface area contributed by atoms with Crippen LogP contribution < -0.4 is 5.56 Å². The number of hydrogen-bond donors (Lipinski definition) is 1. The van der Waals surface area contributed by atoms with E-state index in [-0.39, 0.29) is 5.56 Å². The van der Waals surface area contributed by atoms with Crippen LogP contribution in [0, 0.1) is 17.1 Å². The summed E-state index contributed by atoms with van der Waals surface area (Å²) >= 11 is 11.9. The fourth-order valence-electron chi connectivity index (χ4n) is 2.37. The number of nitrogens with zero attached hydrogens (tertiary/aromatic N) is 1. The lowest BCUT2D eigenvalue weighted by atomic mass is 9.99. The summed E-state index contributed by atoms with van der Waals surface area (Å²) in [5.41, 5.74) is 1.24. The molecule has 0 fully saturated rings. The van der Waals surface area contributed by atoms with Crippen LogP contribution in [0.5, 0.6) is 0 Å². The number of H-pyrrole nitrogens is 1. The van der Waals surface area contributed by atoms with Crippen molar-refractivity contribution in [2.24, 2.45) is 0 Å². The smallest absolute Gasteiger partial charge is 0.266 e. The van der Waals surface area contributed by atoms with Crippen LogP contribution >= 0.6 is 23.2 Å². The molecule has 0 atom stereocenters. The first-order valence-corrected chi connectivity index (χ1v) is 7.64. The molecule has 3 aromatic rings. The SMILES string of the molecule is N#Cc1c(-c2cccc(F)c2)cc(-c2ccc(Cl)c(Cl)c2)[nH]c1=O. The first-order chi connectivity index (χ1) is 11.5. The highest BCUT2D eigenvalue weighted by Gasteiger charge is 2.13. The summed E-state index contributed by atoms with van der Waals surface area (Å²) < 4.78 is 13.5. The van der Waals surface area contributed by atoms with E-state index in [2.05, 4.69) is 4.98 Å². The van der Waals surface area contributed by atoms with Crippen LogP contribution in [0.2, 0.25) is 10.0 Å². The number of halogens is 3. The van der Waals surface area contributed by atoms with Gasteiger partial charge in [-0.1, -0.05) is 41.4 Å². The second kappa shape index (κ2) is 6.48. The summed E-state index contributed by atoms with van der Waals surface area (Å²) in [5.74, 6) is -0.451. The van der Waals surface area contributed by atoms with E-state index in [1.807, 2.05) is 6.07 Å². The van der Waals surface area contributed by atoms with E-state index in [1.54, 1.807) is 30.3 Å². The lowest BCUT2D eigenvalue weighted by Crippen LogP contribution is -2.12. The van der Waals surface area contributed by atoms with Crippen LogP contribution in [0.4, 0.5) is 4.39 Å². The maximum absolute atomic E-state index is 13.5. The van der Waals surface area contributed by atoms with Gasteiger partial charge in [0, 0.05) is 11.3 Å². The number of nitrogens with one attached hydrogen (secondary N) is 1. The molecule has 0 saturated heterocycles. The van der Waals surface area contributed by atoms with E-state index in [4.69, 9.17) is 23.2 Å². The molecule has 0 spiro atoms. The summed E-state index contributed by atoms with van der Waals surface area (Å²) in [7, 11) is 0. The molecule has 0 aliphatic rings. The standard InChI is InChI=1S/C18H9Cl2FN2O/c19-15-5-4-11(7-16(15)20)17-8-13(14(9-22)18(24)23-17)10-2-1-3-12(21)6-10/h1-8H,(H,23,24). The Morgan fingerprint density at radius 3 is 2.46 bits per heavy atom. The Morgan fingerprint density at radius 1 is 1.00 bits per heavy atom. The molecule has 0 aliphatic carbocycles. The molecule has 1 heterocycles. The van der Waals surface area contributed by atoms with Crippen LogP contribution in [0.25, 0.3) is 22.4 Å². The minimum absolute atomic E-state index is 0.0792. The van der Waals surface area contributed by atoms with Gasteiger partial charge in [0.05, 0.1) is 10.0 Å². The van der Waals surface area contributed by atoms with E-state index in [9.17, 15) is 14.4 Å². The van der Waals surface area contributed by atoms with Gasteiger partial charge in [0.15, 0.2) is 0 Å². The number of hydrogen-bond acceptors (Lipinski definition) is 2. The van der Waals surface area contributed by atoms with Crippen LogP contribution in [0.15, 0.2) is 53.3 Å². The van der Waals surface area contributed by atoms with Crippen molar-refractivity contribution in [3.63, 3.8) is 0 Å². The minimum atomic E-state index is -0.555. The van der Waals surface area contributed by atoms with Crippen LogP contribution in [-0.2, 0) is 0 Å². The predicted molar refractivity (Wildman–Crippen MR) is 92.6 cm³/mol. The lowest BCUT2D eigenvalue weighted by Gasteiger charge is -2.09. The van der Waals surface area contributed by atoms with Crippen molar-refractivity contribution >= 4 is 23.2 Å². The highest BCUT2D eigenvalue weighted by atomic mass is 35.5. The Labute approximate surface area is 146 Å². The second-order valence-electron chi connectivity index (χ2n) is 5.05. The highest BCUT2D eigenvalue weighted by Crippen LogP contribution is 2.30. The number of pyridine rings is 1. The molecule has 24 heavy (non-hydrogen) atoms. The van der Waals surface area contributed by atoms with Gasteiger partial charge in [-0.15, -0.1) is 0 Å². The zero-order chi connectivity index (χ0) is 17.3. The molecule has 0 saturated carbocycles. The average Bonchev–Trinajstić information content (AvgIpc) is 2.56. The molecule has 0 radical (unpaired) electrons. The molecule has 2 aromatic carbocycles. The van der Waals surface area contributed by atoms with Crippen LogP contribution in [-0.4, -0.2) is 4.98 Å². The Hall–Kier alpha value is -2.61. The normalized spacial score (nSPS) is 10.4. The van der Waals surface area contributed by atoms with Gasteiger partial charge in [0.2, 0.25) is 0 Å². The number of aromatic amines is 1. The monoisotopic (exact) mass is 358 g/mol. The molecule has 6 heteroatoms. The third kappa shape index (κ3) is 3.05. The van der Waals surface area contributed by atoms with Gasteiger partial charge in [-0.2, -0.15) is 5.26 Å². The summed E-state index contributed by atoms with van der Waals surface area (Å²) in [6, 6.07) is 14.1. The van der Waals surface area contributed by atoms with E-state index < -0.39 is 11.4 Å². The fourth-order valence-corrected chi connectivity index (χ4v) is 2.67. The number of rotatable bonds is 2. The van der Waals surface area contributed by atoms with E-state index in [0.717, 1.165) is 0 Å². The second-order valence-corrected chi connectivity index (χ2v) is 5.87. The van der Waals surface area contributed by atoms with Gasteiger partial charge in [0.25, 0.3) is 5.56 Å². The van der Waals surface area contributed by atoms with E-state index >= 15 is 0 Å². The van der Waals surface area contributed by atoms with Crippen molar-refractivity contribution in [3.05, 3.63) is 80.3 Å². The molecule has 0 aliphatic heterocycles. The minimum Gasteiger partial charge on any atom is -0.321 e. The largest absolute Gasteiger partial charge is 0.321 e. The quantitative estimate of drug-likeness (QED) is 0.698. The van der Waals surface area contributed by atoms with Crippen LogP contribution in [0.3, 0.4) is 0 Å². The molecule has 0 amide bonds. The molecule has 1 N–H and O–H groups in total. The fraction of sp³-hybridized carbons (Fsp3) is 0. The zero-order valence-electron chi connectivity index (χ0n) is 12.1. The molecule has 3 nitrogen and oxygen atoms in total. The number of benzene rings is 2. The van der Waals surface area contributed by atoms with Gasteiger partial charge in [-0.3, -0.25) is 4.79 Å². The Kier molecular flexibility index (Phi) is 4.39. The number of aromatic nitrogens is 1. The molecular weight excluding hydrogens is 350 g/mol. The van der Waals surface area contributed by atoms with Crippen molar-refractivity contribution in [3.8, 4) is 28.5 Å². The Balaban J connectivity index is 2.26. The predicted octanol–water partition coefficient (Wildman–Crippen LogP) is 5.03. The molecule has 0 unspecified atom stereocenters. The summed E-state index contributed by atoms with van der Waals surface area (Å²) in [5, 5.41) is 10.00. The Bertz CT molecular complexity index is 1040. The van der Waals surface area contributed by atoms with E-state index in [1.165, 1.54) is 18.2 Å². The molecule has 0 bridgehead atoms. The summed E-state index contributed by atoms with van der Waals surface area (Å²) in [6.07, 6.45) is 0. The first kappa shape index (κ1) is 16.3. The first-order valence-electron chi connectivity index (χ1n) is 6.88. The maximum Gasteiger partial charge on any atom is 0.266 e. The maximum atomic E-state index is 13.5. The van der Waals surface area contributed by atoms with Gasteiger partial charge in [0.1, 0.15) is 17.4 Å². The topological polar surface area (TPSA) is 56.6 Å². The van der Waals surface area contributed by atoms with Gasteiger partial charge >= 0.3 is 0 Å². The molecular formula is C18H9Cl2FN2O. The summed E-state index contributed by atoms with van der Waals surface area (Å²) in [6.45, 7) is 0. The van der Waals surface area contributed by atoms with Gasteiger partial charge in [-0.25, -0.2) is 4.39 Å². The van der Waals surface area contributed by atoms with Crippen molar-refractivity contribution < 1.29 is 4.39 Å². The highest BCUT2D eigenvalue weighted by molar-refractivity contribution is 6.42. The van der Waals surface area contributed by atoms with Crippen molar-refractivity contribution in [1.82, 2.24) is 4.98 Å². The molecule has 3 rings (SSSR count). The van der Waals surface area contributed by atoms with Crippen molar-refractivity contribution in [2.75, 3.05) is 0 Å². The third-order valence-corrected chi connectivity index (χ3v) is 4.25. The zero-order valence-corrected chi connectivity index (χ0v) is 13.6. The van der Waals surface area contributed by atoms with Crippen molar-refractivity contribution in [1.29, 1.82) is 5.26 Å². The lowest BCUT2D eigenvalue weighted by molar-refractivity contribution is 0.628. The molecule has 1 aromatic heterocycles. The molecule has 118 valence electrons. The van der Waals surface area contributed by atoms with Crippen molar-refractivity contribution in [2.45, 2.75) is 0 Å². The van der Waals surface area contributed by atoms with Gasteiger partial charge in [-0.05, 0) is 41.5 Å².